The van der Waals surface area contributed by atoms with Crippen molar-refractivity contribution in [2.24, 2.45) is 0 Å². The Bertz CT molecular complexity index is 1170. The van der Waals surface area contributed by atoms with Crippen LogP contribution in [0.15, 0.2) is 54.7 Å². The molecule has 4 rings (SSSR count). The first-order valence-electron chi connectivity index (χ1n) is 9.23. The van der Waals surface area contributed by atoms with Crippen molar-refractivity contribution in [3.8, 4) is 0 Å². The van der Waals surface area contributed by atoms with Crippen LogP contribution in [0.1, 0.15) is 26.6 Å². The van der Waals surface area contributed by atoms with Crippen LogP contribution in [-0.4, -0.2) is 22.0 Å². The molecule has 29 heavy (non-hydrogen) atoms. The van der Waals surface area contributed by atoms with E-state index >= 15 is 0 Å². The molecule has 0 aliphatic heterocycles. The van der Waals surface area contributed by atoms with E-state index in [0.29, 0.717) is 24.2 Å². The Morgan fingerprint density at radius 3 is 2.76 bits per heavy atom. The first-order valence-corrected chi connectivity index (χ1v) is 10.0. The first-order chi connectivity index (χ1) is 14.0. The minimum absolute atomic E-state index is 0.204. The van der Waals surface area contributed by atoms with Gasteiger partial charge in [-0.05, 0) is 48.9 Å². The van der Waals surface area contributed by atoms with Gasteiger partial charge in [-0.3, -0.25) is 9.78 Å². The van der Waals surface area contributed by atoms with Gasteiger partial charge in [0.1, 0.15) is 5.69 Å². The number of pyridine rings is 1. The van der Waals surface area contributed by atoms with Gasteiger partial charge in [-0.1, -0.05) is 12.1 Å². The van der Waals surface area contributed by atoms with Crippen LogP contribution < -0.4 is 5.32 Å². The van der Waals surface area contributed by atoms with Crippen molar-refractivity contribution in [1.29, 1.82) is 0 Å². The minimum atomic E-state index is -0.895. The van der Waals surface area contributed by atoms with Gasteiger partial charge in [-0.25, -0.2) is 8.78 Å². The zero-order valence-corrected chi connectivity index (χ0v) is 16.6. The molecule has 0 bridgehead atoms. The van der Waals surface area contributed by atoms with Gasteiger partial charge in [0.25, 0.3) is 5.91 Å². The summed E-state index contributed by atoms with van der Waals surface area (Å²) in [5, 5.41) is 2.93. The number of carbonyl (C=O) groups excluding carboxylic acids is 1. The van der Waals surface area contributed by atoms with E-state index < -0.39 is 11.6 Å². The van der Waals surface area contributed by atoms with Crippen molar-refractivity contribution >= 4 is 27.5 Å². The molecule has 0 spiro atoms. The fourth-order valence-electron chi connectivity index (χ4n) is 3.28. The Labute approximate surface area is 170 Å². The van der Waals surface area contributed by atoms with E-state index in [9.17, 15) is 13.6 Å². The van der Waals surface area contributed by atoms with Crippen molar-refractivity contribution in [1.82, 2.24) is 14.9 Å². The third-order valence-corrected chi connectivity index (χ3v) is 5.65. The van der Waals surface area contributed by atoms with E-state index in [-0.39, 0.29) is 12.5 Å². The van der Waals surface area contributed by atoms with Crippen molar-refractivity contribution in [3.05, 3.63) is 88.2 Å². The number of aromatic nitrogens is 2. The summed E-state index contributed by atoms with van der Waals surface area (Å²) in [5.74, 6) is -1.98. The van der Waals surface area contributed by atoms with Gasteiger partial charge in [-0.15, -0.1) is 11.3 Å². The van der Waals surface area contributed by atoms with Crippen LogP contribution in [0.3, 0.4) is 0 Å². The van der Waals surface area contributed by atoms with Crippen LogP contribution >= 0.6 is 11.3 Å². The van der Waals surface area contributed by atoms with Crippen molar-refractivity contribution < 1.29 is 13.6 Å². The molecular weight excluding hydrogens is 392 g/mol. The smallest absolute Gasteiger partial charge is 0.267 e. The summed E-state index contributed by atoms with van der Waals surface area (Å²) in [6.45, 7) is 2.73. The molecule has 7 heteroatoms. The maximum atomic E-state index is 13.6. The number of benzene rings is 1. The van der Waals surface area contributed by atoms with Crippen molar-refractivity contribution in [2.45, 2.75) is 19.9 Å². The lowest BCUT2D eigenvalue weighted by Gasteiger charge is -2.11. The van der Waals surface area contributed by atoms with Crippen molar-refractivity contribution in [3.63, 3.8) is 0 Å². The number of hydrogen-bond acceptors (Lipinski definition) is 3. The highest BCUT2D eigenvalue weighted by Crippen LogP contribution is 2.29. The molecular formula is C22H19F2N3OS. The van der Waals surface area contributed by atoms with Gasteiger partial charge in [-0.2, -0.15) is 0 Å². The number of aryl methyl sites for hydroxylation is 1. The molecule has 0 aliphatic carbocycles. The lowest BCUT2D eigenvalue weighted by Crippen LogP contribution is -2.28. The van der Waals surface area contributed by atoms with Crippen LogP contribution in [0.4, 0.5) is 8.78 Å². The molecule has 4 aromatic rings. The van der Waals surface area contributed by atoms with E-state index in [4.69, 9.17) is 0 Å². The summed E-state index contributed by atoms with van der Waals surface area (Å²) < 4.78 is 29.8. The average molecular weight is 411 g/mol. The summed E-state index contributed by atoms with van der Waals surface area (Å²) in [7, 11) is 0. The summed E-state index contributed by atoms with van der Waals surface area (Å²) in [6, 6.07) is 13.3. The highest BCUT2D eigenvalue weighted by atomic mass is 32.1. The monoisotopic (exact) mass is 411 g/mol. The second-order valence-corrected chi connectivity index (χ2v) is 8.09. The first kappa shape index (κ1) is 19.3. The third kappa shape index (κ3) is 4.19. The molecule has 0 unspecified atom stereocenters. The topological polar surface area (TPSA) is 46.9 Å². The number of hydrogen-bond donors (Lipinski definition) is 1. The predicted octanol–water partition coefficient (Wildman–Crippen LogP) is 4.71. The molecule has 0 atom stereocenters. The molecule has 1 aromatic carbocycles. The lowest BCUT2D eigenvalue weighted by molar-refractivity contribution is 0.0945. The number of thiophene rings is 1. The second-order valence-electron chi connectivity index (χ2n) is 6.80. The number of carbonyl (C=O) groups is 1. The van der Waals surface area contributed by atoms with Gasteiger partial charge in [0.15, 0.2) is 11.6 Å². The Balaban J connectivity index is 1.58. The minimum Gasteiger partial charge on any atom is -0.350 e. The largest absolute Gasteiger partial charge is 0.350 e. The van der Waals surface area contributed by atoms with Gasteiger partial charge >= 0.3 is 0 Å². The molecule has 0 fully saturated rings. The Morgan fingerprint density at radius 1 is 1.14 bits per heavy atom. The normalized spacial score (nSPS) is 11.1. The van der Waals surface area contributed by atoms with E-state index in [2.05, 4.69) is 10.3 Å². The quantitative estimate of drug-likeness (QED) is 0.500. The number of amides is 1. The standard InChI is InChI=1S/C22H19F2N3OS/c1-14-10-19-21(29-14)12-20(22(28)26-9-7-16-4-2-3-8-25-16)27(19)13-15-5-6-17(23)18(24)11-15/h2-6,8,10-12H,7,9,13H2,1H3,(H,26,28). The number of fused-ring (bicyclic) bond motifs is 1. The number of halogens is 2. The highest BCUT2D eigenvalue weighted by molar-refractivity contribution is 7.19. The zero-order chi connectivity index (χ0) is 20.4. The molecule has 1 N–H and O–H groups in total. The van der Waals surface area contributed by atoms with Gasteiger partial charge < -0.3 is 9.88 Å². The predicted molar refractivity (Wildman–Crippen MR) is 110 cm³/mol. The van der Waals surface area contributed by atoms with E-state index in [1.807, 2.05) is 41.8 Å². The van der Waals surface area contributed by atoms with E-state index in [1.54, 1.807) is 17.5 Å². The van der Waals surface area contributed by atoms with Crippen molar-refractivity contribution in [2.75, 3.05) is 6.54 Å². The molecule has 4 nitrogen and oxygen atoms in total. The fourth-order valence-corrected chi connectivity index (χ4v) is 4.25. The molecule has 0 saturated carbocycles. The average Bonchev–Trinajstić information content (AvgIpc) is 3.22. The van der Waals surface area contributed by atoms with Crippen LogP contribution in [-0.2, 0) is 13.0 Å². The highest BCUT2D eigenvalue weighted by Gasteiger charge is 2.18. The fraction of sp³-hybridized carbons (Fsp3) is 0.182. The zero-order valence-electron chi connectivity index (χ0n) is 15.8. The summed E-state index contributed by atoms with van der Waals surface area (Å²) in [6.07, 6.45) is 2.35. The maximum Gasteiger partial charge on any atom is 0.267 e. The number of rotatable bonds is 6. The molecule has 0 radical (unpaired) electrons. The second kappa shape index (κ2) is 8.13. The molecule has 3 heterocycles. The van der Waals surface area contributed by atoms with Crippen LogP contribution in [0.2, 0.25) is 0 Å². The Morgan fingerprint density at radius 2 is 2.00 bits per heavy atom. The molecule has 1 amide bonds. The van der Waals surface area contributed by atoms with Crippen LogP contribution in [0.25, 0.3) is 10.2 Å². The Kier molecular flexibility index (Phi) is 5.40. The third-order valence-electron chi connectivity index (χ3n) is 4.66. The van der Waals surface area contributed by atoms with Gasteiger partial charge in [0.2, 0.25) is 0 Å². The molecule has 0 aliphatic rings. The van der Waals surface area contributed by atoms with Gasteiger partial charge in [0.05, 0.1) is 10.2 Å². The molecule has 3 aromatic heterocycles. The summed E-state index contributed by atoms with van der Waals surface area (Å²) in [4.78, 5) is 18.2. The van der Waals surface area contributed by atoms with Gasteiger partial charge in [0, 0.05) is 36.3 Å². The van der Waals surface area contributed by atoms with Crippen LogP contribution in [0.5, 0.6) is 0 Å². The lowest BCUT2D eigenvalue weighted by atomic mass is 10.2. The summed E-state index contributed by atoms with van der Waals surface area (Å²) >= 11 is 1.60. The molecule has 0 saturated heterocycles. The van der Waals surface area contributed by atoms with E-state index in [0.717, 1.165) is 26.9 Å². The Hall–Kier alpha value is -3.06. The van der Waals surface area contributed by atoms with E-state index in [1.165, 1.54) is 12.1 Å². The number of nitrogens with zero attached hydrogens (tertiary/aromatic N) is 2. The number of nitrogens with one attached hydrogen (secondary N) is 1. The summed E-state index contributed by atoms with van der Waals surface area (Å²) in [5.41, 5.74) is 2.90. The SMILES string of the molecule is Cc1cc2c(cc(C(=O)NCCc3ccccn3)n2Cc2ccc(F)c(F)c2)s1. The van der Waals surface area contributed by atoms with Crippen LogP contribution in [0, 0.1) is 18.6 Å². The molecule has 148 valence electrons. The maximum absolute atomic E-state index is 13.6.